The summed E-state index contributed by atoms with van der Waals surface area (Å²) in [7, 11) is 0. The molecule has 3 aromatic heterocycles. The number of nitrogen functional groups attached to an aromatic ring is 1. The van der Waals surface area contributed by atoms with Crippen molar-refractivity contribution in [3.05, 3.63) is 96.0 Å². The van der Waals surface area contributed by atoms with Crippen LogP contribution in [0.2, 0.25) is 0 Å². The van der Waals surface area contributed by atoms with Gasteiger partial charge in [0, 0.05) is 16.7 Å². The number of rotatable bonds is 6. The van der Waals surface area contributed by atoms with E-state index in [1.807, 2.05) is 72.8 Å². The van der Waals surface area contributed by atoms with Crippen molar-refractivity contribution in [2.45, 2.75) is 0 Å². The maximum atomic E-state index is 12.7. The zero-order valence-corrected chi connectivity index (χ0v) is 20.1. The Morgan fingerprint density at radius 2 is 1.73 bits per heavy atom. The Labute approximate surface area is 215 Å². The smallest absolute Gasteiger partial charge is 0.257 e. The lowest BCUT2D eigenvalue weighted by Crippen LogP contribution is -2.11. The van der Waals surface area contributed by atoms with Crippen molar-refractivity contribution in [1.29, 1.82) is 0 Å². The van der Waals surface area contributed by atoms with Gasteiger partial charge in [-0.2, -0.15) is 5.10 Å². The number of nitrogens with two attached hydrogens (primary N) is 1. The summed E-state index contributed by atoms with van der Waals surface area (Å²) in [5, 5.41) is 18.7. The monoisotopic (exact) mass is 505 g/mol. The molecule has 0 bridgehead atoms. The number of hydrogen-bond donors (Lipinski definition) is 3. The Balaban J connectivity index is 1.36. The topological polar surface area (TPSA) is 132 Å². The molecule has 3 heterocycles. The predicted octanol–water partition coefficient (Wildman–Crippen LogP) is 5.77. The van der Waals surface area contributed by atoms with E-state index in [-0.39, 0.29) is 5.91 Å². The van der Waals surface area contributed by atoms with Gasteiger partial charge < -0.3 is 10.5 Å². The van der Waals surface area contributed by atoms with Crippen molar-refractivity contribution in [2.24, 2.45) is 0 Å². The highest BCUT2D eigenvalue weighted by Gasteiger charge is 2.16. The SMILES string of the molecule is Nc1[nH]nc2cc(-c3cccc(C(=O)Nc4nncs4)c3)nc(-c3ccc(Oc4ccccc4)cc3)c12. The van der Waals surface area contributed by atoms with Crippen LogP contribution in [0.25, 0.3) is 33.4 Å². The van der Waals surface area contributed by atoms with Gasteiger partial charge >= 0.3 is 0 Å². The molecule has 180 valence electrons. The highest BCUT2D eigenvalue weighted by atomic mass is 32.1. The van der Waals surface area contributed by atoms with E-state index in [9.17, 15) is 4.79 Å². The molecule has 6 aromatic rings. The number of carbonyl (C=O) groups excluding carboxylic acids is 1. The number of nitrogens with zero attached hydrogens (tertiary/aromatic N) is 4. The largest absolute Gasteiger partial charge is 0.457 e. The first-order valence-corrected chi connectivity index (χ1v) is 12.2. The van der Waals surface area contributed by atoms with Crippen molar-refractivity contribution in [3.63, 3.8) is 0 Å². The van der Waals surface area contributed by atoms with Crippen LogP contribution in [0.1, 0.15) is 10.4 Å². The molecule has 4 N–H and O–H groups in total. The van der Waals surface area contributed by atoms with Gasteiger partial charge in [0.05, 0.1) is 22.3 Å². The Hall–Kier alpha value is -5.09. The minimum Gasteiger partial charge on any atom is -0.457 e. The molecule has 0 atom stereocenters. The van der Waals surface area contributed by atoms with Crippen LogP contribution in [0.5, 0.6) is 11.5 Å². The number of para-hydroxylation sites is 1. The second kappa shape index (κ2) is 9.51. The van der Waals surface area contributed by atoms with Crippen molar-refractivity contribution in [1.82, 2.24) is 25.4 Å². The highest BCUT2D eigenvalue weighted by molar-refractivity contribution is 7.13. The average Bonchev–Trinajstić information content (AvgIpc) is 3.59. The van der Waals surface area contributed by atoms with Crippen LogP contribution < -0.4 is 15.8 Å². The van der Waals surface area contributed by atoms with Gasteiger partial charge in [0.15, 0.2) is 0 Å². The first kappa shape index (κ1) is 22.4. The fraction of sp³-hybridized carbons (Fsp3) is 0. The summed E-state index contributed by atoms with van der Waals surface area (Å²) in [4.78, 5) is 17.7. The number of H-pyrrole nitrogens is 1. The molecule has 1 amide bonds. The van der Waals surface area contributed by atoms with Crippen molar-refractivity contribution in [3.8, 4) is 34.0 Å². The van der Waals surface area contributed by atoms with Crippen LogP contribution >= 0.6 is 11.3 Å². The number of aromatic nitrogens is 5. The lowest BCUT2D eigenvalue weighted by molar-refractivity contribution is 0.102. The summed E-state index contributed by atoms with van der Waals surface area (Å²) in [6.07, 6.45) is 0. The Kier molecular flexibility index (Phi) is 5.75. The molecule has 0 saturated carbocycles. The summed E-state index contributed by atoms with van der Waals surface area (Å²) in [5.41, 5.74) is 11.9. The van der Waals surface area contributed by atoms with E-state index in [0.29, 0.717) is 39.2 Å². The third-order valence-corrected chi connectivity index (χ3v) is 6.28. The van der Waals surface area contributed by atoms with Gasteiger partial charge in [0.2, 0.25) is 5.13 Å². The van der Waals surface area contributed by atoms with E-state index in [0.717, 1.165) is 22.3 Å². The molecular formula is C27H19N7O2S. The van der Waals surface area contributed by atoms with Gasteiger partial charge in [-0.15, -0.1) is 10.2 Å². The molecule has 3 aromatic carbocycles. The number of aromatic amines is 1. The van der Waals surface area contributed by atoms with Gasteiger partial charge in [-0.25, -0.2) is 4.98 Å². The Bertz CT molecular complexity index is 1700. The third kappa shape index (κ3) is 4.60. The van der Waals surface area contributed by atoms with Crippen LogP contribution in [0, 0.1) is 0 Å². The molecule has 0 unspecified atom stereocenters. The van der Waals surface area contributed by atoms with Crippen molar-refractivity contribution in [2.75, 3.05) is 11.1 Å². The number of benzene rings is 3. The fourth-order valence-electron chi connectivity index (χ4n) is 3.94. The van der Waals surface area contributed by atoms with E-state index in [1.54, 1.807) is 17.6 Å². The van der Waals surface area contributed by atoms with E-state index < -0.39 is 0 Å². The summed E-state index contributed by atoms with van der Waals surface area (Å²) < 4.78 is 5.92. The normalized spacial score (nSPS) is 10.9. The molecule has 0 aliphatic carbocycles. The number of amides is 1. The van der Waals surface area contributed by atoms with Crippen LogP contribution in [0.3, 0.4) is 0 Å². The van der Waals surface area contributed by atoms with Gasteiger partial charge in [-0.1, -0.05) is 41.7 Å². The van der Waals surface area contributed by atoms with Gasteiger partial charge in [-0.05, 0) is 54.6 Å². The van der Waals surface area contributed by atoms with E-state index in [2.05, 4.69) is 25.7 Å². The quantitative estimate of drug-likeness (QED) is 0.262. The predicted molar refractivity (Wildman–Crippen MR) is 144 cm³/mol. The highest BCUT2D eigenvalue weighted by Crippen LogP contribution is 2.34. The molecule has 0 fully saturated rings. The third-order valence-electron chi connectivity index (χ3n) is 5.67. The van der Waals surface area contributed by atoms with Crippen LogP contribution in [-0.2, 0) is 0 Å². The molecule has 9 nitrogen and oxygen atoms in total. The minimum atomic E-state index is -0.280. The maximum Gasteiger partial charge on any atom is 0.257 e. The van der Waals surface area contributed by atoms with Crippen LogP contribution in [0.4, 0.5) is 10.9 Å². The van der Waals surface area contributed by atoms with Crippen LogP contribution in [-0.4, -0.2) is 31.3 Å². The van der Waals surface area contributed by atoms with Crippen LogP contribution in [0.15, 0.2) is 90.4 Å². The van der Waals surface area contributed by atoms with Crippen molar-refractivity contribution < 1.29 is 9.53 Å². The molecule has 6 rings (SSSR count). The van der Waals surface area contributed by atoms with Gasteiger partial charge in [0.25, 0.3) is 5.91 Å². The standard InChI is InChI=1S/C27H19N7O2S/c28-25-23-22(32-33-25)14-21(17-5-4-6-18(13-17)26(35)31-27-34-29-15-37-27)30-24(23)16-9-11-20(12-10-16)36-19-7-2-1-3-8-19/h1-15H,(H3,28,32,33)(H,31,34,35). The number of pyridine rings is 1. The van der Waals surface area contributed by atoms with E-state index >= 15 is 0 Å². The minimum absolute atomic E-state index is 0.280. The second-order valence-corrected chi connectivity index (χ2v) is 8.94. The molecule has 37 heavy (non-hydrogen) atoms. The summed E-state index contributed by atoms with van der Waals surface area (Å²) in [5.74, 6) is 1.61. The Morgan fingerprint density at radius 3 is 2.51 bits per heavy atom. The number of carbonyl (C=O) groups is 1. The van der Waals surface area contributed by atoms with E-state index in [4.69, 9.17) is 15.5 Å². The van der Waals surface area contributed by atoms with E-state index in [1.165, 1.54) is 11.3 Å². The first-order valence-electron chi connectivity index (χ1n) is 11.3. The zero-order valence-electron chi connectivity index (χ0n) is 19.3. The summed E-state index contributed by atoms with van der Waals surface area (Å²) in [6.45, 7) is 0. The first-order chi connectivity index (χ1) is 18.1. The summed E-state index contributed by atoms with van der Waals surface area (Å²) >= 11 is 1.25. The molecule has 0 aliphatic rings. The fourth-order valence-corrected chi connectivity index (χ4v) is 4.38. The van der Waals surface area contributed by atoms with Gasteiger partial charge in [-0.3, -0.25) is 15.2 Å². The number of hydrogen-bond acceptors (Lipinski definition) is 8. The molecule has 0 aliphatic heterocycles. The number of nitrogens with one attached hydrogen (secondary N) is 2. The molecule has 0 spiro atoms. The number of fused-ring (bicyclic) bond motifs is 1. The molecule has 0 saturated heterocycles. The Morgan fingerprint density at radius 1 is 0.919 bits per heavy atom. The molecular weight excluding hydrogens is 486 g/mol. The number of anilines is 2. The lowest BCUT2D eigenvalue weighted by atomic mass is 10.0. The van der Waals surface area contributed by atoms with Gasteiger partial charge in [0.1, 0.15) is 22.8 Å². The lowest BCUT2D eigenvalue weighted by Gasteiger charge is -2.10. The zero-order chi connectivity index (χ0) is 25.2. The second-order valence-electron chi connectivity index (χ2n) is 8.11. The number of ether oxygens (including phenoxy) is 1. The molecule has 0 radical (unpaired) electrons. The maximum absolute atomic E-state index is 12.7. The molecule has 10 heteroatoms. The van der Waals surface area contributed by atoms with Crippen molar-refractivity contribution >= 4 is 39.1 Å². The summed E-state index contributed by atoms with van der Waals surface area (Å²) in [6, 6.07) is 26.3. The average molecular weight is 506 g/mol.